The molecule has 2 atom stereocenters. The number of sulfonamides is 1. The van der Waals surface area contributed by atoms with Crippen LogP contribution in [0.15, 0.2) is 34.9 Å². The molecule has 1 aromatic carbocycles. The van der Waals surface area contributed by atoms with E-state index in [1.54, 1.807) is 20.1 Å². The smallest absolute Gasteiger partial charge is 0.217 e. The van der Waals surface area contributed by atoms with Gasteiger partial charge in [-0.05, 0) is 30.9 Å². The summed E-state index contributed by atoms with van der Waals surface area (Å²) in [7, 11) is -1.99. The molecule has 124 valence electrons. The van der Waals surface area contributed by atoms with Crippen molar-refractivity contribution in [3.05, 3.63) is 52.9 Å². The van der Waals surface area contributed by atoms with Gasteiger partial charge in [-0.2, -0.15) is 0 Å². The molecule has 0 saturated carbocycles. The maximum Gasteiger partial charge on any atom is 0.217 e. The second-order valence-electron chi connectivity index (χ2n) is 5.73. The van der Waals surface area contributed by atoms with Gasteiger partial charge in [0, 0.05) is 13.2 Å². The molecule has 0 radical (unpaired) electrons. The highest BCUT2D eigenvalue weighted by Gasteiger charge is 2.38. The summed E-state index contributed by atoms with van der Waals surface area (Å²) in [4.78, 5) is 0. The number of nitrogens with zero attached hydrogens (tertiary/aromatic N) is 1. The fourth-order valence-electron chi connectivity index (χ4n) is 3.06. The van der Waals surface area contributed by atoms with Gasteiger partial charge in [-0.15, -0.1) is 0 Å². The Morgan fingerprint density at radius 2 is 2.17 bits per heavy atom. The minimum atomic E-state index is -3.54. The summed E-state index contributed by atoms with van der Waals surface area (Å²) >= 11 is 0. The molecule has 6 nitrogen and oxygen atoms in total. The lowest BCUT2D eigenvalue weighted by Crippen LogP contribution is -2.41. The molecular formula is C16H20N2O4S. The molecule has 1 aromatic heterocycles. The van der Waals surface area contributed by atoms with Crippen LogP contribution in [0.25, 0.3) is 0 Å². The molecule has 1 aliphatic rings. The number of aromatic nitrogens is 1. The Hall–Kier alpha value is -1.70. The van der Waals surface area contributed by atoms with E-state index in [9.17, 15) is 8.42 Å². The van der Waals surface area contributed by atoms with Crippen LogP contribution in [0.1, 0.15) is 35.1 Å². The topological polar surface area (TPSA) is 81.4 Å². The number of aryl methyl sites for hydroxylation is 2. The summed E-state index contributed by atoms with van der Waals surface area (Å²) in [6, 6.07) is 9.54. The first-order chi connectivity index (χ1) is 11.0. The van der Waals surface area contributed by atoms with Crippen molar-refractivity contribution in [1.29, 1.82) is 0 Å². The van der Waals surface area contributed by atoms with E-state index in [0.717, 1.165) is 23.2 Å². The minimum Gasteiger partial charge on any atom is -0.375 e. The number of rotatable bonds is 5. The van der Waals surface area contributed by atoms with Crippen molar-refractivity contribution in [2.75, 3.05) is 7.11 Å². The van der Waals surface area contributed by atoms with Crippen molar-refractivity contribution < 1.29 is 17.7 Å². The highest BCUT2D eigenvalue weighted by atomic mass is 32.2. The van der Waals surface area contributed by atoms with Gasteiger partial charge in [0.15, 0.2) is 5.76 Å². The van der Waals surface area contributed by atoms with Crippen LogP contribution in [-0.4, -0.2) is 25.9 Å². The molecule has 0 fully saturated rings. The number of fused-ring (bicyclic) bond motifs is 1. The minimum absolute atomic E-state index is 0.0950. The van der Waals surface area contributed by atoms with Gasteiger partial charge in [0.2, 0.25) is 10.0 Å². The molecule has 3 rings (SSSR count). The Labute approximate surface area is 135 Å². The van der Waals surface area contributed by atoms with E-state index in [-0.39, 0.29) is 6.54 Å². The van der Waals surface area contributed by atoms with Crippen molar-refractivity contribution in [3.63, 3.8) is 0 Å². The van der Waals surface area contributed by atoms with Crippen molar-refractivity contribution in [1.82, 2.24) is 9.88 Å². The SMILES string of the molecule is COC1c2ccccc2CCC1S(=O)(=O)NCc1cc(C)no1. The highest BCUT2D eigenvalue weighted by Crippen LogP contribution is 2.35. The lowest BCUT2D eigenvalue weighted by molar-refractivity contribution is 0.0904. The fraction of sp³-hybridized carbons (Fsp3) is 0.438. The molecule has 1 N–H and O–H groups in total. The molecule has 23 heavy (non-hydrogen) atoms. The van der Waals surface area contributed by atoms with Gasteiger partial charge in [-0.3, -0.25) is 0 Å². The normalized spacial score (nSPS) is 21.1. The number of hydrogen-bond donors (Lipinski definition) is 1. The van der Waals surface area contributed by atoms with Gasteiger partial charge in [-0.25, -0.2) is 13.1 Å². The van der Waals surface area contributed by atoms with Crippen LogP contribution in [0.2, 0.25) is 0 Å². The number of nitrogens with one attached hydrogen (secondary N) is 1. The van der Waals surface area contributed by atoms with Crippen LogP contribution in [0.5, 0.6) is 0 Å². The van der Waals surface area contributed by atoms with Crippen molar-refractivity contribution in [2.45, 2.75) is 37.7 Å². The average molecular weight is 336 g/mol. The maximum atomic E-state index is 12.7. The molecule has 0 bridgehead atoms. The number of benzene rings is 1. The third-order valence-corrected chi connectivity index (χ3v) is 6.00. The summed E-state index contributed by atoms with van der Waals surface area (Å²) in [6.07, 6.45) is 0.789. The second kappa shape index (κ2) is 6.43. The lowest BCUT2D eigenvalue weighted by Gasteiger charge is -2.32. The summed E-state index contributed by atoms with van der Waals surface area (Å²) in [5.41, 5.74) is 2.82. The van der Waals surface area contributed by atoms with Crippen molar-refractivity contribution >= 4 is 10.0 Å². The summed E-state index contributed by atoms with van der Waals surface area (Å²) in [6.45, 7) is 1.89. The van der Waals surface area contributed by atoms with E-state index in [1.165, 1.54) is 0 Å². The Morgan fingerprint density at radius 1 is 1.39 bits per heavy atom. The first kappa shape index (κ1) is 16.2. The third kappa shape index (κ3) is 3.31. The zero-order chi connectivity index (χ0) is 16.4. The van der Waals surface area contributed by atoms with Crippen molar-refractivity contribution in [2.24, 2.45) is 0 Å². The molecule has 0 aliphatic heterocycles. The van der Waals surface area contributed by atoms with Gasteiger partial charge in [0.25, 0.3) is 0 Å². The average Bonchev–Trinajstić information content (AvgIpc) is 2.97. The van der Waals surface area contributed by atoms with Gasteiger partial charge < -0.3 is 9.26 Å². The van der Waals surface area contributed by atoms with E-state index in [4.69, 9.17) is 9.26 Å². The molecule has 1 heterocycles. The Kier molecular flexibility index (Phi) is 4.52. The van der Waals surface area contributed by atoms with Gasteiger partial charge in [0.05, 0.1) is 12.2 Å². The Bertz CT molecular complexity index is 785. The van der Waals surface area contributed by atoms with Crippen molar-refractivity contribution in [3.8, 4) is 0 Å². The lowest BCUT2D eigenvalue weighted by atomic mass is 9.89. The number of hydrogen-bond acceptors (Lipinski definition) is 5. The van der Waals surface area contributed by atoms with Crippen LogP contribution < -0.4 is 4.72 Å². The van der Waals surface area contributed by atoms with E-state index in [2.05, 4.69) is 9.88 Å². The Balaban J connectivity index is 1.79. The molecule has 2 aromatic rings. The number of ether oxygens (including phenoxy) is 1. The van der Waals surface area contributed by atoms with Gasteiger partial charge in [-0.1, -0.05) is 29.4 Å². The van der Waals surface area contributed by atoms with Crippen LogP contribution >= 0.6 is 0 Å². The predicted octanol–water partition coefficient (Wildman–Crippen LogP) is 2.10. The van der Waals surface area contributed by atoms with Crippen LogP contribution in [0.3, 0.4) is 0 Å². The first-order valence-corrected chi connectivity index (χ1v) is 9.07. The molecule has 0 saturated heterocycles. The zero-order valence-corrected chi connectivity index (χ0v) is 14.0. The predicted molar refractivity (Wildman–Crippen MR) is 85.3 cm³/mol. The quantitative estimate of drug-likeness (QED) is 0.904. The Morgan fingerprint density at radius 3 is 2.87 bits per heavy atom. The molecule has 0 amide bonds. The van der Waals surface area contributed by atoms with Gasteiger partial charge in [0.1, 0.15) is 11.4 Å². The van der Waals surface area contributed by atoms with E-state index in [1.807, 2.05) is 24.3 Å². The summed E-state index contributed by atoms with van der Waals surface area (Å²) in [5.74, 6) is 0.497. The summed E-state index contributed by atoms with van der Waals surface area (Å²) in [5, 5.41) is 3.14. The van der Waals surface area contributed by atoms with E-state index in [0.29, 0.717) is 12.2 Å². The number of methoxy groups -OCH3 is 1. The molecular weight excluding hydrogens is 316 g/mol. The maximum absolute atomic E-state index is 12.7. The largest absolute Gasteiger partial charge is 0.375 e. The molecule has 7 heteroatoms. The second-order valence-corrected chi connectivity index (χ2v) is 7.72. The van der Waals surface area contributed by atoms with Crippen LogP contribution in [-0.2, 0) is 27.7 Å². The molecule has 0 spiro atoms. The molecule has 2 unspecified atom stereocenters. The van der Waals surface area contributed by atoms with Crippen LogP contribution in [0.4, 0.5) is 0 Å². The van der Waals surface area contributed by atoms with E-state index >= 15 is 0 Å². The van der Waals surface area contributed by atoms with Gasteiger partial charge >= 0.3 is 0 Å². The van der Waals surface area contributed by atoms with E-state index < -0.39 is 21.4 Å². The summed E-state index contributed by atoms with van der Waals surface area (Å²) < 4.78 is 38.6. The first-order valence-electron chi connectivity index (χ1n) is 7.52. The van der Waals surface area contributed by atoms with Crippen LogP contribution in [0, 0.1) is 6.92 Å². The third-order valence-electron chi connectivity index (χ3n) is 4.17. The molecule has 1 aliphatic carbocycles. The monoisotopic (exact) mass is 336 g/mol. The standard InChI is InChI=1S/C16H20N2O4S/c1-11-9-13(22-18-11)10-17-23(19,20)15-8-7-12-5-3-4-6-14(12)16(15)21-2/h3-6,9,15-17H,7-8,10H2,1-2H3. The highest BCUT2D eigenvalue weighted by molar-refractivity contribution is 7.90. The fourth-order valence-corrected chi connectivity index (χ4v) is 4.63. The zero-order valence-electron chi connectivity index (χ0n) is 13.2.